The molecule has 1 atom stereocenters. The maximum absolute atomic E-state index is 13.8. The third-order valence-corrected chi connectivity index (χ3v) is 8.08. The molecule has 7 nitrogen and oxygen atoms in total. The Morgan fingerprint density at radius 1 is 0.950 bits per heavy atom. The van der Waals surface area contributed by atoms with Crippen LogP contribution in [0.3, 0.4) is 0 Å². The first-order valence-corrected chi connectivity index (χ1v) is 15.8. The fourth-order valence-electron chi connectivity index (χ4n) is 4.32. The van der Waals surface area contributed by atoms with Crippen molar-refractivity contribution in [2.45, 2.75) is 45.2 Å². The third kappa shape index (κ3) is 9.45. The van der Waals surface area contributed by atoms with Gasteiger partial charge in [0.15, 0.2) is 0 Å². The summed E-state index contributed by atoms with van der Waals surface area (Å²) in [6.07, 6.45) is 2.41. The Bertz CT molecular complexity index is 1350. The van der Waals surface area contributed by atoms with Crippen LogP contribution >= 0.6 is 15.9 Å². The molecule has 0 saturated heterocycles. The van der Waals surface area contributed by atoms with Crippen molar-refractivity contribution in [2.75, 3.05) is 23.7 Å². The van der Waals surface area contributed by atoms with Crippen LogP contribution in [0, 0.1) is 5.82 Å². The Balaban J connectivity index is 1.85. The number of amides is 2. The van der Waals surface area contributed by atoms with Crippen LogP contribution < -0.4 is 9.62 Å². The molecule has 0 bridgehead atoms. The SMILES string of the molecule is CCCNC(=O)[C@H](Cc1ccccc1)N(Cc1ccc(Br)cc1)C(=O)CCCN(c1ccc(F)cc1)S(C)(=O)=O. The molecule has 0 aliphatic rings. The molecule has 0 aromatic heterocycles. The number of carbonyl (C=O) groups excluding carboxylic acids is 2. The molecule has 1 N–H and O–H groups in total. The summed E-state index contributed by atoms with van der Waals surface area (Å²) >= 11 is 3.43. The van der Waals surface area contributed by atoms with Crippen molar-refractivity contribution >= 4 is 43.5 Å². The van der Waals surface area contributed by atoms with Gasteiger partial charge in [0.1, 0.15) is 11.9 Å². The van der Waals surface area contributed by atoms with Gasteiger partial charge in [-0.1, -0.05) is 65.3 Å². The van der Waals surface area contributed by atoms with E-state index < -0.39 is 21.9 Å². The highest BCUT2D eigenvalue weighted by Gasteiger charge is 2.30. The van der Waals surface area contributed by atoms with Gasteiger partial charge in [-0.3, -0.25) is 13.9 Å². The number of anilines is 1. The van der Waals surface area contributed by atoms with E-state index in [2.05, 4.69) is 21.2 Å². The number of halogens is 2. The van der Waals surface area contributed by atoms with Gasteiger partial charge in [-0.25, -0.2) is 12.8 Å². The van der Waals surface area contributed by atoms with E-state index in [4.69, 9.17) is 0 Å². The molecule has 0 saturated carbocycles. The van der Waals surface area contributed by atoms with Crippen molar-refractivity contribution in [1.29, 1.82) is 0 Å². The van der Waals surface area contributed by atoms with Crippen LogP contribution in [-0.2, 0) is 32.6 Å². The second-order valence-electron chi connectivity index (χ2n) is 9.56. The smallest absolute Gasteiger partial charge is 0.243 e. The first-order chi connectivity index (χ1) is 19.1. The van der Waals surface area contributed by atoms with Crippen molar-refractivity contribution in [3.05, 3.63) is 100 Å². The van der Waals surface area contributed by atoms with Crippen molar-refractivity contribution in [1.82, 2.24) is 10.2 Å². The molecule has 0 heterocycles. The molecule has 0 spiro atoms. The second-order valence-corrected chi connectivity index (χ2v) is 12.4. The fourth-order valence-corrected chi connectivity index (χ4v) is 5.55. The van der Waals surface area contributed by atoms with E-state index in [0.29, 0.717) is 18.7 Å². The summed E-state index contributed by atoms with van der Waals surface area (Å²) in [6, 6.07) is 21.5. The molecule has 0 radical (unpaired) electrons. The van der Waals surface area contributed by atoms with Crippen molar-refractivity contribution in [3.8, 4) is 0 Å². The number of nitrogens with zero attached hydrogens (tertiary/aromatic N) is 2. The lowest BCUT2D eigenvalue weighted by atomic mass is 10.0. The van der Waals surface area contributed by atoms with E-state index in [9.17, 15) is 22.4 Å². The Morgan fingerprint density at radius 2 is 1.60 bits per heavy atom. The van der Waals surface area contributed by atoms with E-state index in [1.54, 1.807) is 4.90 Å². The maximum Gasteiger partial charge on any atom is 0.243 e. The van der Waals surface area contributed by atoms with Crippen molar-refractivity contribution in [3.63, 3.8) is 0 Å². The van der Waals surface area contributed by atoms with Gasteiger partial charge in [0.2, 0.25) is 21.8 Å². The Hall–Kier alpha value is -3.24. The van der Waals surface area contributed by atoms with E-state index in [-0.39, 0.29) is 37.7 Å². The molecule has 3 aromatic rings. The van der Waals surface area contributed by atoms with Crippen LogP contribution in [0.5, 0.6) is 0 Å². The summed E-state index contributed by atoms with van der Waals surface area (Å²) < 4.78 is 40.4. The fraction of sp³-hybridized carbons (Fsp3) is 0.333. The lowest BCUT2D eigenvalue weighted by Crippen LogP contribution is -2.50. The Morgan fingerprint density at radius 3 is 2.20 bits per heavy atom. The summed E-state index contributed by atoms with van der Waals surface area (Å²) in [5, 5.41) is 2.94. The zero-order chi connectivity index (χ0) is 29.1. The van der Waals surface area contributed by atoms with Crippen LogP contribution in [0.4, 0.5) is 10.1 Å². The normalized spacial score (nSPS) is 12.0. The van der Waals surface area contributed by atoms with Gasteiger partial charge >= 0.3 is 0 Å². The van der Waals surface area contributed by atoms with Crippen LogP contribution in [0.2, 0.25) is 0 Å². The maximum atomic E-state index is 13.8. The standard InChI is InChI=1S/C30H35BrFN3O4S/c1-3-19-33-30(37)28(21-23-8-5-4-6-9-23)34(22-24-11-13-25(31)14-12-24)29(36)10-7-20-35(40(2,38)39)27-17-15-26(32)16-18-27/h4-6,8-9,11-18,28H,3,7,10,19-22H2,1-2H3,(H,33,37)/t28-/m0/s1. The number of benzene rings is 3. The summed E-state index contributed by atoms with van der Waals surface area (Å²) in [6.45, 7) is 2.71. The highest BCUT2D eigenvalue weighted by atomic mass is 79.9. The molecule has 10 heteroatoms. The van der Waals surface area contributed by atoms with Gasteiger partial charge in [-0.2, -0.15) is 0 Å². The number of sulfonamides is 1. The van der Waals surface area contributed by atoms with Gasteiger partial charge in [-0.05, 0) is 60.4 Å². The van der Waals surface area contributed by atoms with Gasteiger partial charge in [0.05, 0.1) is 11.9 Å². The van der Waals surface area contributed by atoms with Gasteiger partial charge < -0.3 is 10.2 Å². The predicted molar refractivity (Wildman–Crippen MR) is 160 cm³/mol. The minimum Gasteiger partial charge on any atom is -0.354 e. The van der Waals surface area contributed by atoms with Crippen LogP contribution in [-0.4, -0.2) is 50.5 Å². The molecule has 0 aliphatic heterocycles. The summed E-state index contributed by atoms with van der Waals surface area (Å²) in [5.74, 6) is -0.968. The van der Waals surface area contributed by atoms with E-state index >= 15 is 0 Å². The van der Waals surface area contributed by atoms with Gasteiger partial charge in [0.25, 0.3) is 0 Å². The molecular weight excluding hydrogens is 597 g/mol. The highest BCUT2D eigenvalue weighted by Crippen LogP contribution is 2.21. The molecule has 0 unspecified atom stereocenters. The molecule has 0 aliphatic carbocycles. The zero-order valence-corrected chi connectivity index (χ0v) is 25.1. The zero-order valence-electron chi connectivity index (χ0n) is 22.7. The number of hydrogen-bond acceptors (Lipinski definition) is 4. The van der Waals surface area contributed by atoms with E-state index in [1.807, 2.05) is 61.5 Å². The summed E-state index contributed by atoms with van der Waals surface area (Å²) in [7, 11) is -3.66. The highest BCUT2D eigenvalue weighted by molar-refractivity contribution is 9.10. The number of carbonyl (C=O) groups is 2. The van der Waals surface area contributed by atoms with Crippen molar-refractivity contribution in [2.24, 2.45) is 0 Å². The van der Waals surface area contributed by atoms with Crippen LogP contribution in [0.1, 0.15) is 37.3 Å². The Kier molecular flexibility index (Phi) is 11.7. The Labute approximate surface area is 244 Å². The van der Waals surface area contributed by atoms with Gasteiger partial charge in [0, 0.05) is 36.9 Å². The monoisotopic (exact) mass is 631 g/mol. The lowest BCUT2D eigenvalue weighted by molar-refractivity contribution is -0.141. The number of rotatable bonds is 14. The van der Waals surface area contributed by atoms with E-state index in [0.717, 1.165) is 32.6 Å². The molecule has 3 aromatic carbocycles. The second kappa shape index (κ2) is 14.9. The molecule has 40 heavy (non-hydrogen) atoms. The molecular formula is C30H35BrFN3O4S. The summed E-state index contributed by atoms with van der Waals surface area (Å²) in [5.41, 5.74) is 2.11. The third-order valence-electron chi connectivity index (χ3n) is 6.35. The lowest BCUT2D eigenvalue weighted by Gasteiger charge is -2.32. The minimum atomic E-state index is -3.66. The largest absolute Gasteiger partial charge is 0.354 e. The summed E-state index contributed by atoms with van der Waals surface area (Å²) in [4.78, 5) is 28.7. The topological polar surface area (TPSA) is 86.8 Å². The molecule has 214 valence electrons. The average Bonchev–Trinajstić information content (AvgIpc) is 2.93. The van der Waals surface area contributed by atoms with Gasteiger partial charge in [-0.15, -0.1) is 0 Å². The average molecular weight is 633 g/mol. The first-order valence-electron chi connectivity index (χ1n) is 13.2. The van der Waals surface area contributed by atoms with Crippen molar-refractivity contribution < 1.29 is 22.4 Å². The first kappa shape index (κ1) is 31.3. The van der Waals surface area contributed by atoms with E-state index in [1.165, 1.54) is 24.3 Å². The van der Waals surface area contributed by atoms with Crippen LogP contribution in [0.25, 0.3) is 0 Å². The van der Waals surface area contributed by atoms with Crippen LogP contribution in [0.15, 0.2) is 83.3 Å². The number of nitrogens with one attached hydrogen (secondary N) is 1. The minimum absolute atomic E-state index is 0.0239. The predicted octanol–water partition coefficient (Wildman–Crippen LogP) is 5.30. The molecule has 3 rings (SSSR count). The quantitative estimate of drug-likeness (QED) is 0.262. The number of hydrogen-bond donors (Lipinski definition) is 1. The molecule has 2 amide bonds. The molecule has 0 fully saturated rings.